The summed E-state index contributed by atoms with van der Waals surface area (Å²) in [6.45, 7) is 1.78. The molecule has 1 aromatic rings. The molecule has 1 saturated carbocycles. The van der Waals surface area contributed by atoms with Gasteiger partial charge in [0.1, 0.15) is 6.04 Å². The second-order valence-electron chi connectivity index (χ2n) is 5.82. The second-order valence-corrected chi connectivity index (χ2v) is 5.82. The number of carboxylic acids is 1. The Morgan fingerprint density at radius 1 is 1.40 bits per heavy atom. The van der Waals surface area contributed by atoms with E-state index >= 15 is 0 Å². The standard InChI is InChI=1S/C14H19N3O3/c1-8-10(7-15-16-8)13(18)17-11-5-3-2-4-9(11)6-12(17)14(19)20/h7,9,11-12H,2-6H2,1H3,(H,15,16)(H,19,20)/t9-,11-,12+/m1/s1. The van der Waals surface area contributed by atoms with Gasteiger partial charge >= 0.3 is 5.97 Å². The number of aromatic amines is 1. The van der Waals surface area contributed by atoms with Gasteiger partial charge in [-0.25, -0.2) is 4.79 Å². The number of amides is 1. The maximum atomic E-state index is 12.7. The Labute approximate surface area is 117 Å². The van der Waals surface area contributed by atoms with Crippen molar-refractivity contribution in [2.75, 3.05) is 0 Å². The lowest BCUT2D eigenvalue weighted by atomic mass is 9.84. The van der Waals surface area contributed by atoms with Crippen LogP contribution in [0.3, 0.4) is 0 Å². The van der Waals surface area contributed by atoms with E-state index in [4.69, 9.17) is 0 Å². The molecule has 1 amide bonds. The van der Waals surface area contributed by atoms with Gasteiger partial charge in [0.15, 0.2) is 0 Å². The molecule has 0 unspecified atom stereocenters. The molecule has 2 N–H and O–H groups in total. The summed E-state index contributed by atoms with van der Waals surface area (Å²) in [7, 11) is 0. The first-order valence-corrected chi connectivity index (χ1v) is 7.15. The van der Waals surface area contributed by atoms with Crippen molar-refractivity contribution < 1.29 is 14.7 Å². The summed E-state index contributed by atoms with van der Waals surface area (Å²) in [5, 5.41) is 16.0. The van der Waals surface area contributed by atoms with Crippen LogP contribution in [0, 0.1) is 12.8 Å². The zero-order valence-electron chi connectivity index (χ0n) is 11.5. The number of likely N-dealkylation sites (tertiary alicyclic amines) is 1. The van der Waals surface area contributed by atoms with Gasteiger partial charge in [0, 0.05) is 11.7 Å². The third kappa shape index (κ3) is 1.99. The van der Waals surface area contributed by atoms with Crippen LogP contribution in [0.2, 0.25) is 0 Å². The quantitative estimate of drug-likeness (QED) is 0.859. The van der Waals surface area contributed by atoms with E-state index < -0.39 is 12.0 Å². The van der Waals surface area contributed by atoms with Gasteiger partial charge in [-0.15, -0.1) is 0 Å². The lowest BCUT2D eigenvalue weighted by Crippen LogP contribution is -2.46. The number of nitrogens with one attached hydrogen (secondary N) is 1. The number of rotatable bonds is 2. The average molecular weight is 277 g/mol. The highest BCUT2D eigenvalue weighted by atomic mass is 16.4. The fourth-order valence-electron chi connectivity index (χ4n) is 3.68. The molecule has 0 radical (unpaired) electrons. The predicted octanol–water partition coefficient (Wildman–Crippen LogP) is 1.58. The van der Waals surface area contributed by atoms with Crippen molar-refractivity contribution in [2.45, 2.75) is 51.1 Å². The molecular formula is C14H19N3O3. The molecular weight excluding hydrogens is 258 g/mol. The molecule has 0 aromatic carbocycles. The van der Waals surface area contributed by atoms with E-state index in [1.807, 2.05) is 0 Å². The molecule has 1 aliphatic carbocycles. The number of aryl methyl sites for hydroxylation is 1. The third-order valence-electron chi connectivity index (χ3n) is 4.67. The number of aliphatic carboxylic acids is 1. The van der Waals surface area contributed by atoms with Crippen LogP contribution in [0.4, 0.5) is 0 Å². The van der Waals surface area contributed by atoms with E-state index in [1.54, 1.807) is 11.8 Å². The molecule has 3 atom stereocenters. The van der Waals surface area contributed by atoms with Gasteiger partial charge in [-0.2, -0.15) is 5.10 Å². The Kier molecular flexibility index (Phi) is 3.23. The summed E-state index contributed by atoms with van der Waals surface area (Å²) in [6.07, 6.45) is 6.23. The maximum Gasteiger partial charge on any atom is 0.326 e. The van der Waals surface area contributed by atoms with E-state index in [0.717, 1.165) is 25.7 Å². The lowest BCUT2D eigenvalue weighted by Gasteiger charge is -2.32. The fraction of sp³-hybridized carbons (Fsp3) is 0.643. The highest BCUT2D eigenvalue weighted by molar-refractivity contribution is 5.98. The van der Waals surface area contributed by atoms with E-state index in [1.165, 1.54) is 6.20 Å². The number of carbonyl (C=O) groups excluding carboxylic acids is 1. The van der Waals surface area contributed by atoms with Crippen molar-refractivity contribution in [2.24, 2.45) is 5.92 Å². The topological polar surface area (TPSA) is 86.3 Å². The Morgan fingerprint density at radius 3 is 2.80 bits per heavy atom. The Morgan fingerprint density at radius 2 is 2.15 bits per heavy atom. The first kappa shape index (κ1) is 13.1. The summed E-state index contributed by atoms with van der Waals surface area (Å²) in [5.74, 6) is -0.757. The first-order valence-electron chi connectivity index (χ1n) is 7.15. The summed E-state index contributed by atoms with van der Waals surface area (Å²) in [6, 6.07) is -0.614. The summed E-state index contributed by atoms with van der Waals surface area (Å²) >= 11 is 0. The average Bonchev–Trinajstić information content (AvgIpc) is 3.01. The lowest BCUT2D eigenvalue weighted by molar-refractivity contribution is -0.141. The Hall–Kier alpha value is -1.85. The number of nitrogens with zero attached hydrogens (tertiary/aromatic N) is 2. The number of hydrogen-bond acceptors (Lipinski definition) is 3. The Balaban J connectivity index is 1.93. The van der Waals surface area contributed by atoms with Gasteiger partial charge in [0.2, 0.25) is 0 Å². The van der Waals surface area contributed by atoms with Crippen LogP contribution < -0.4 is 0 Å². The Bertz CT molecular complexity index is 540. The van der Waals surface area contributed by atoms with Crippen LogP contribution in [0.5, 0.6) is 0 Å². The minimum Gasteiger partial charge on any atom is -0.480 e. The van der Waals surface area contributed by atoms with Crippen LogP contribution in [0.15, 0.2) is 6.20 Å². The van der Waals surface area contributed by atoms with Gasteiger partial charge in [-0.3, -0.25) is 9.89 Å². The monoisotopic (exact) mass is 277 g/mol. The molecule has 3 rings (SSSR count). The minimum absolute atomic E-state index is 0.0756. The molecule has 1 aliphatic heterocycles. The number of carboxylic acid groups (broad SMARTS) is 1. The van der Waals surface area contributed by atoms with Crippen molar-refractivity contribution in [3.63, 3.8) is 0 Å². The van der Waals surface area contributed by atoms with Gasteiger partial charge in [0.05, 0.1) is 11.8 Å². The molecule has 6 heteroatoms. The number of carbonyl (C=O) groups is 2. The normalized spacial score (nSPS) is 29.2. The van der Waals surface area contributed by atoms with Crippen LogP contribution in [-0.4, -0.2) is 44.2 Å². The van der Waals surface area contributed by atoms with Crippen molar-refractivity contribution in [3.05, 3.63) is 17.5 Å². The maximum absolute atomic E-state index is 12.7. The zero-order valence-corrected chi connectivity index (χ0v) is 11.5. The zero-order chi connectivity index (χ0) is 14.3. The molecule has 6 nitrogen and oxygen atoms in total. The molecule has 0 bridgehead atoms. The van der Waals surface area contributed by atoms with Gasteiger partial charge in [-0.05, 0) is 32.1 Å². The largest absolute Gasteiger partial charge is 0.480 e. The van der Waals surface area contributed by atoms with Crippen LogP contribution in [0.25, 0.3) is 0 Å². The van der Waals surface area contributed by atoms with E-state index in [9.17, 15) is 14.7 Å². The van der Waals surface area contributed by atoms with E-state index in [0.29, 0.717) is 23.6 Å². The molecule has 1 aromatic heterocycles. The van der Waals surface area contributed by atoms with E-state index in [2.05, 4.69) is 10.2 Å². The molecule has 2 aliphatic rings. The van der Waals surface area contributed by atoms with Gasteiger partial charge in [0.25, 0.3) is 5.91 Å². The van der Waals surface area contributed by atoms with Crippen molar-refractivity contribution in [3.8, 4) is 0 Å². The fourth-order valence-corrected chi connectivity index (χ4v) is 3.68. The van der Waals surface area contributed by atoms with E-state index in [-0.39, 0.29) is 11.9 Å². The second kappa shape index (κ2) is 4.92. The summed E-state index contributed by atoms with van der Waals surface area (Å²) in [4.78, 5) is 25.8. The van der Waals surface area contributed by atoms with Crippen molar-refractivity contribution >= 4 is 11.9 Å². The highest BCUT2D eigenvalue weighted by Crippen LogP contribution is 2.40. The summed E-state index contributed by atoms with van der Waals surface area (Å²) < 4.78 is 0. The minimum atomic E-state index is -0.895. The molecule has 2 heterocycles. The molecule has 1 saturated heterocycles. The molecule has 20 heavy (non-hydrogen) atoms. The van der Waals surface area contributed by atoms with Crippen LogP contribution in [-0.2, 0) is 4.79 Å². The highest BCUT2D eigenvalue weighted by Gasteiger charge is 2.47. The molecule has 108 valence electrons. The van der Waals surface area contributed by atoms with Gasteiger partial charge in [-0.1, -0.05) is 12.8 Å². The molecule has 2 fully saturated rings. The number of hydrogen-bond donors (Lipinski definition) is 2. The SMILES string of the molecule is Cc1[nH]ncc1C(=O)N1[C@@H]2CCCC[C@@H]2C[C@H]1C(=O)O. The van der Waals surface area contributed by atoms with Gasteiger partial charge < -0.3 is 10.0 Å². The van der Waals surface area contributed by atoms with Crippen molar-refractivity contribution in [1.29, 1.82) is 0 Å². The first-order chi connectivity index (χ1) is 9.59. The number of aromatic nitrogens is 2. The van der Waals surface area contributed by atoms with Crippen LogP contribution >= 0.6 is 0 Å². The smallest absolute Gasteiger partial charge is 0.326 e. The van der Waals surface area contributed by atoms with Crippen molar-refractivity contribution in [1.82, 2.24) is 15.1 Å². The molecule has 0 spiro atoms. The number of H-pyrrole nitrogens is 1. The number of fused-ring (bicyclic) bond motifs is 1. The third-order valence-corrected chi connectivity index (χ3v) is 4.67. The summed E-state index contributed by atoms with van der Waals surface area (Å²) in [5.41, 5.74) is 1.18. The predicted molar refractivity (Wildman–Crippen MR) is 71.3 cm³/mol. The van der Waals surface area contributed by atoms with Crippen LogP contribution in [0.1, 0.15) is 48.2 Å².